The van der Waals surface area contributed by atoms with Crippen LogP contribution in [-0.4, -0.2) is 37.4 Å². The Labute approximate surface area is 169 Å². The van der Waals surface area contributed by atoms with Gasteiger partial charge in [0.1, 0.15) is 24.3 Å². The molecule has 0 saturated heterocycles. The van der Waals surface area contributed by atoms with Crippen molar-refractivity contribution in [2.24, 2.45) is 10.7 Å². The number of halogens is 2. The fraction of sp³-hybridized carbons (Fsp3) is 0.278. The number of guanidine groups is 1. The van der Waals surface area contributed by atoms with Crippen LogP contribution >= 0.6 is 24.0 Å². The summed E-state index contributed by atoms with van der Waals surface area (Å²) < 4.78 is 23.3. The average Bonchev–Trinajstić information content (AvgIpc) is 2.61. The topological polar surface area (TPSA) is 89.1 Å². The van der Waals surface area contributed by atoms with Crippen molar-refractivity contribution in [2.45, 2.75) is 12.7 Å². The fourth-order valence-corrected chi connectivity index (χ4v) is 2.08. The molecule has 0 aliphatic heterocycles. The van der Waals surface area contributed by atoms with Gasteiger partial charge in [-0.25, -0.2) is 4.39 Å². The summed E-state index contributed by atoms with van der Waals surface area (Å²) in [6.45, 7) is 0.555. The number of nitrogens with zero attached hydrogens (tertiary/aromatic N) is 1. The van der Waals surface area contributed by atoms with E-state index < -0.39 is 6.10 Å². The number of hydrogen-bond acceptors (Lipinski definition) is 4. The van der Waals surface area contributed by atoms with Crippen molar-refractivity contribution in [1.29, 1.82) is 0 Å². The Morgan fingerprint density at radius 3 is 2.62 bits per heavy atom. The number of hydrogen-bond donors (Lipinski definition) is 3. The number of para-hydroxylation sites is 1. The van der Waals surface area contributed by atoms with E-state index in [1.54, 1.807) is 7.11 Å². The first-order chi connectivity index (χ1) is 12.1. The summed E-state index contributed by atoms with van der Waals surface area (Å²) in [5.74, 6) is 0.318. The molecule has 0 heterocycles. The molecule has 1 unspecified atom stereocenters. The maximum atomic E-state index is 12.8. The maximum absolute atomic E-state index is 12.8. The van der Waals surface area contributed by atoms with Crippen molar-refractivity contribution in [3.8, 4) is 5.75 Å². The molecule has 0 amide bonds. The molecule has 2 rings (SSSR count). The normalized spacial score (nSPS) is 12.2. The molecule has 2 aromatic rings. The zero-order valence-corrected chi connectivity index (χ0v) is 16.7. The average molecular weight is 475 g/mol. The van der Waals surface area contributed by atoms with Gasteiger partial charge in [0.2, 0.25) is 0 Å². The SMILES string of the molecule is COCc1ccccc1NC(N)=NCC(O)COc1ccc(F)cc1.I. The fourth-order valence-electron chi connectivity index (χ4n) is 2.08. The van der Waals surface area contributed by atoms with Crippen LogP contribution in [0.15, 0.2) is 53.5 Å². The van der Waals surface area contributed by atoms with Crippen molar-refractivity contribution in [1.82, 2.24) is 0 Å². The van der Waals surface area contributed by atoms with E-state index in [4.69, 9.17) is 15.2 Å². The Balaban J connectivity index is 0.00000338. The molecule has 0 aromatic heterocycles. The lowest BCUT2D eigenvalue weighted by Crippen LogP contribution is -2.27. The summed E-state index contributed by atoms with van der Waals surface area (Å²) in [7, 11) is 1.62. The molecule has 8 heteroatoms. The van der Waals surface area contributed by atoms with Gasteiger partial charge in [-0.2, -0.15) is 0 Å². The third-order valence-electron chi connectivity index (χ3n) is 3.31. The van der Waals surface area contributed by atoms with Crippen LogP contribution in [0, 0.1) is 5.82 Å². The number of nitrogens with two attached hydrogens (primary N) is 1. The molecule has 0 saturated carbocycles. The number of rotatable bonds is 8. The van der Waals surface area contributed by atoms with E-state index in [0.29, 0.717) is 12.4 Å². The minimum absolute atomic E-state index is 0. The minimum Gasteiger partial charge on any atom is -0.491 e. The smallest absolute Gasteiger partial charge is 0.193 e. The monoisotopic (exact) mass is 475 g/mol. The zero-order valence-electron chi connectivity index (χ0n) is 14.4. The highest BCUT2D eigenvalue weighted by Crippen LogP contribution is 2.15. The largest absolute Gasteiger partial charge is 0.491 e. The second-order valence-electron chi connectivity index (χ2n) is 5.36. The highest BCUT2D eigenvalue weighted by molar-refractivity contribution is 14.0. The lowest BCUT2D eigenvalue weighted by Gasteiger charge is -2.13. The predicted octanol–water partition coefficient (Wildman–Crippen LogP) is 2.76. The van der Waals surface area contributed by atoms with Crippen LogP contribution in [-0.2, 0) is 11.3 Å². The highest BCUT2D eigenvalue weighted by atomic mass is 127. The second kappa shape index (κ2) is 11.7. The first kappa shape index (κ1) is 22.1. The van der Waals surface area contributed by atoms with Gasteiger partial charge in [0.05, 0.1) is 13.2 Å². The molecule has 1 atom stereocenters. The Morgan fingerprint density at radius 2 is 1.92 bits per heavy atom. The Bertz CT molecular complexity index is 698. The van der Waals surface area contributed by atoms with E-state index >= 15 is 0 Å². The Kier molecular flexibility index (Phi) is 9.92. The molecular weight excluding hydrogens is 452 g/mol. The molecule has 0 aliphatic rings. The molecule has 0 fully saturated rings. The molecule has 2 aromatic carbocycles. The van der Waals surface area contributed by atoms with Crippen molar-refractivity contribution in [2.75, 3.05) is 25.6 Å². The number of aliphatic hydroxyl groups is 1. The van der Waals surface area contributed by atoms with Gasteiger partial charge in [-0.3, -0.25) is 4.99 Å². The number of methoxy groups -OCH3 is 1. The number of aliphatic hydroxyl groups excluding tert-OH is 1. The number of nitrogens with one attached hydrogen (secondary N) is 1. The molecule has 142 valence electrons. The minimum atomic E-state index is -0.834. The summed E-state index contributed by atoms with van der Waals surface area (Å²) in [4.78, 5) is 4.10. The summed E-state index contributed by atoms with van der Waals surface area (Å²) in [5.41, 5.74) is 7.59. The van der Waals surface area contributed by atoms with E-state index in [1.165, 1.54) is 24.3 Å². The molecule has 26 heavy (non-hydrogen) atoms. The second-order valence-corrected chi connectivity index (χ2v) is 5.36. The predicted molar refractivity (Wildman–Crippen MR) is 111 cm³/mol. The quantitative estimate of drug-likeness (QED) is 0.311. The molecule has 0 aliphatic carbocycles. The molecule has 6 nitrogen and oxygen atoms in total. The number of anilines is 1. The zero-order chi connectivity index (χ0) is 18.1. The first-order valence-corrected chi connectivity index (χ1v) is 7.78. The van der Waals surface area contributed by atoms with Gasteiger partial charge in [0.25, 0.3) is 0 Å². The highest BCUT2D eigenvalue weighted by Gasteiger charge is 2.06. The van der Waals surface area contributed by atoms with E-state index in [9.17, 15) is 9.50 Å². The van der Waals surface area contributed by atoms with E-state index in [2.05, 4.69) is 10.3 Å². The summed E-state index contributed by atoms with van der Waals surface area (Å²) >= 11 is 0. The van der Waals surface area contributed by atoms with Crippen LogP contribution in [0.1, 0.15) is 5.56 Å². The number of benzene rings is 2. The van der Waals surface area contributed by atoms with Crippen molar-refractivity contribution >= 4 is 35.6 Å². The molecule has 0 bridgehead atoms. The Hall–Kier alpha value is -1.91. The van der Waals surface area contributed by atoms with E-state index in [1.807, 2.05) is 24.3 Å². The summed E-state index contributed by atoms with van der Waals surface area (Å²) in [5, 5.41) is 12.9. The van der Waals surface area contributed by atoms with Crippen LogP contribution in [0.2, 0.25) is 0 Å². The van der Waals surface area contributed by atoms with Gasteiger partial charge in [0.15, 0.2) is 5.96 Å². The van der Waals surface area contributed by atoms with Crippen molar-refractivity contribution < 1.29 is 19.0 Å². The van der Waals surface area contributed by atoms with Crippen molar-refractivity contribution in [3.63, 3.8) is 0 Å². The lowest BCUT2D eigenvalue weighted by atomic mass is 10.2. The summed E-state index contributed by atoms with van der Waals surface area (Å²) in [6, 6.07) is 13.1. The standard InChI is InChI=1S/C18H22FN3O3.HI/c1-24-11-13-4-2-3-5-17(13)22-18(20)21-10-15(23)12-25-16-8-6-14(19)7-9-16;/h2-9,15,23H,10-12H2,1H3,(H3,20,21,22);1H. The molecule has 0 spiro atoms. The van der Waals surface area contributed by atoms with Gasteiger partial charge >= 0.3 is 0 Å². The first-order valence-electron chi connectivity index (χ1n) is 7.78. The van der Waals surface area contributed by atoms with Crippen LogP contribution in [0.4, 0.5) is 10.1 Å². The number of aliphatic imine (C=N–C) groups is 1. The Morgan fingerprint density at radius 1 is 1.23 bits per heavy atom. The van der Waals surface area contributed by atoms with Gasteiger partial charge in [-0.15, -0.1) is 24.0 Å². The molecule has 4 N–H and O–H groups in total. The van der Waals surface area contributed by atoms with E-state index in [-0.39, 0.29) is 48.9 Å². The molecule has 0 radical (unpaired) electrons. The summed E-state index contributed by atoms with van der Waals surface area (Å²) in [6.07, 6.45) is -0.834. The molecular formula is C18H23FIN3O3. The third-order valence-corrected chi connectivity index (χ3v) is 3.31. The van der Waals surface area contributed by atoms with Gasteiger partial charge < -0.3 is 25.6 Å². The van der Waals surface area contributed by atoms with Gasteiger partial charge in [-0.05, 0) is 30.3 Å². The van der Waals surface area contributed by atoms with Gasteiger partial charge in [-0.1, -0.05) is 18.2 Å². The van der Waals surface area contributed by atoms with Crippen LogP contribution in [0.25, 0.3) is 0 Å². The van der Waals surface area contributed by atoms with Gasteiger partial charge in [0, 0.05) is 18.4 Å². The van der Waals surface area contributed by atoms with Crippen LogP contribution in [0.3, 0.4) is 0 Å². The van der Waals surface area contributed by atoms with Crippen LogP contribution < -0.4 is 15.8 Å². The van der Waals surface area contributed by atoms with Crippen LogP contribution in [0.5, 0.6) is 5.75 Å². The lowest BCUT2D eigenvalue weighted by molar-refractivity contribution is 0.114. The van der Waals surface area contributed by atoms with E-state index in [0.717, 1.165) is 11.3 Å². The maximum Gasteiger partial charge on any atom is 0.193 e. The number of ether oxygens (including phenoxy) is 2. The third kappa shape index (κ3) is 7.54. The van der Waals surface area contributed by atoms with Crippen molar-refractivity contribution in [3.05, 3.63) is 59.9 Å².